The third-order valence-electron chi connectivity index (χ3n) is 10.3. The fourth-order valence-corrected chi connectivity index (χ4v) is 8.50. The average molecular weight is 663 g/mol. The zero-order valence-corrected chi connectivity index (χ0v) is 28.1. The van der Waals surface area contributed by atoms with Crippen molar-refractivity contribution in [3.8, 4) is 5.75 Å². The van der Waals surface area contributed by atoms with Gasteiger partial charge in [0.1, 0.15) is 23.1 Å². The van der Waals surface area contributed by atoms with Gasteiger partial charge in [0.25, 0.3) is 5.91 Å². The summed E-state index contributed by atoms with van der Waals surface area (Å²) >= 11 is 6.39. The molecule has 3 heterocycles. The normalized spacial score (nSPS) is 31.4. The minimum absolute atomic E-state index is 0.0926. The molecule has 7 atom stereocenters. The number of aliphatic hydroxyl groups is 1. The second kappa shape index (κ2) is 14.2. The topological polar surface area (TPSA) is 105 Å². The number of allylic oxidation sites excluding steroid dienone is 1. The number of aromatic nitrogens is 2. The summed E-state index contributed by atoms with van der Waals surface area (Å²) in [6, 6.07) is 13.6. The number of nitrogens with zero attached hydrogens (tertiary/aromatic N) is 3. The van der Waals surface area contributed by atoms with E-state index >= 15 is 0 Å². The zero-order valence-electron chi connectivity index (χ0n) is 26.5. The third-order valence-corrected chi connectivity index (χ3v) is 12.1. The van der Waals surface area contributed by atoms with Crippen LogP contribution in [0.2, 0.25) is 5.02 Å². The van der Waals surface area contributed by atoms with E-state index in [-0.39, 0.29) is 28.4 Å². The maximum absolute atomic E-state index is 13.3. The Kier molecular flexibility index (Phi) is 10.1. The molecule has 2 bridgehead atoms. The molecule has 0 radical (unpaired) electrons. The van der Waals surface area contributed by atoms with Crippen molar-refractivity contribution in [3.63, 3.8) is 0 Å². The molecule has 4 aliphatic rings. The molecule has 10 heteroatoms. The maximum Gasteiger partial charge on any atom is 0.263 e. The predicted molar refractivity (Wildman–Crippen MR) is 182 cm³/mol. The van der Waals surface area contributed by atoms with Gasteiger partial charge in [0.15, 0.2) is 0 Å². The van der Waals surface area contributed by atoms with Crippen LogP contribution in [0.25, 0.3) is 0 Å². The third kappa shape index (κ3) is 7.02. The number of nitrogens with one attached hydrogen (secondary N) is 1. The second-order valence-electron chi connectivity index (χ2n) is 13.3. The molecule has 1 amide bonds. The predicted octanol–water partition coefficient (Wildman–Crippen LogP) is 6.05. The van der Waals surface area contributed by atoms with E-state index in [1.807, 2.05) is 44.2 Å². The molecule has 8 nitrogen and oxygen atoms in total. The van der Waals surface area contributed by atoms with Gasteiger partial charge in [-0.15, -0.1) is 0 Å². The first-order chi connectivity index (χ1) is 22.2. The summed E-state index contributed by atoms with van der Waals surface area (Å²) in [4.78, 5) is 23.0. The lowest BCUT2D eigenvalue weighted by molar-refractivity contribution is 0.0456. The molecule has 1 aromatic heterocycles. The highest BCUT2D eigenvalue weighted by molar-refractivity contribution is 7.84. The highest BCUT2D eigenvalue weighted by atomic mass is 35.5. The van der Waals surface area contributed by atoms with Gasteiger partial charge in [-0.3, -0.25) is 9.52 Å². The molecular weight excluding hydrogens is 620 g/mol. The van der Waals surface area contributed by atoms with Crippen LogP contribution in [0.5, 0.6) is 5.75 Å². The van der Waals surface area contributed by atoms with E-state index < -0.39 is 17.1 Å². The Morgan fingerprint density at radius 2 is 1.96 bits per heavy atom. The Balaban J connectivity index is 0.000000557. The van der Waals surface area contributed by atoms with Gasteiger partial charge in [-0.1, -0.05) is 36.7 Å². The lowest BCUT2D eigenvalue weighted by Gasteiger charge is -2.45. The van der Waals surface area contributed by atoms with Crippen LogP contribution in [0.15, 0.2) is 73.3 Å². The van der Waals surface area contributed by atoms with Crippen LogP contribution in [0, 0.1) is 17.8 Å². The number of anilines is 1. The number of aliphatic hydroxyl groups excluding tert-OH is 1. The number of ether oxygens (including phenoxy) is 1. The Morgan fingerprint density at radius 1 is 1.13 bits per heavy atom. The van der Waals surface area contributed by atoms with Crippen molar-refractivity contribution in [3.05, 3.63) is 95.1 Å². The number of carbonyl (C=O) groups is 1. The SMILES string of the molecule is CC1C/C=C/C(O)C2CCC2CN2C[C@@]3(CCCc4cc(Cl)ccc43)COc3ccc(cc32)C(=O)NS(=O)C1C.c1cncnc1. The summed E-state index contributed by atoms with van der Waals surface area (Å²) in [5.74, 6) is 1.05. The number of fused-ring (bicyclic) bond motifs is 4. The number of aryl methyl sites for hydroxylation is 1. The summed E-state index contributed by atoms with van der Waals surface area (Å²) in [6.45, 7) is 6.02. The number of carbonyl (C=O) groups excluding carboxylic acids is 1. The molecule has 2 aromatic carbocycles. The maximum atomic E-state index is 13.3. The molecule has 1 fully saturated rings. The molecule has 0 saturated heterocycles. The van der Waals surface area contributed by atoms with Crippen molar-refractivity contribution in [2.75, 3.05) is 24.6 Å². The van der Waals surface area contributed by atoms with Gasteiger partial charge in [-0.25, -0.2) is 14.2 Å². The first-order valence-corrected chi connectivity index (χ1v) is 17.9. The van der Waals surface area contributed by atoms with Gasteiger partial charge in [-0.2, -0.15) is 0 Å². The van der Waals surface area contributed by atoms with E-state index in [0.29, 0.717) is 24.5 Å². The Labute approximate surface area is 279 Å². The van der Waals surface area contributed by atoms with E-state index in [4.69, 9.17) is 16.3 Å². The van der Waals surface area contributed by atoms with Gasteiger partial charge in [0, 0.05) is 41.5 Å². The van der Waals surface area contributed by atoms with E-state index in [0.717, 1.165) is 61.7 Å². The van der Waals surface area contributed by atoms with Crippen molar-refractivity contribution in [2.24, 2.45) is 17.8 Å². The summed E-state index contributed by atoms with van der Waals surface area (Å²) in [6.07, 6.45) is 14.2. The fraction of sp³-hybridized carbons (Fsp3) is 0.472. The van der Waals surface area contributed by atoms with Crippen molar-refractivity contribution in [1.82, 2.24) is 14.7 Å². The molecule has 6 unspecified atom stereocenters. The quantitative estimate of drug-likeness (QED) is 0.282. The lowest BCUT2D eigenvalue weighted by atomic mass is 9.68. The Hall–Kier alpha value is -3.27. The van der Waals surface area contributed by atoms with Crippen molar-refractivity contribution >= 4 is 34.2 Å². The van der Waals surface area contributed by atoms with Gasteiger partial charge in [-0.05, 0) is 111 Å². The fourth-order valence-electron chi connectivity index (χ4n) is 7.28. The molecular formula is C36H43ClN4O4S. The van der Waals surface area contributed by atoms with Crippen LogP contribution >= 0.6 is 11.6 Å². The molecule has 46 heavy (non-hydrogen) atoms. The summed E-state index contributed by atoms with van der Waals surface area (Å²) in [7, 11) is -1.53. The first-order valence-electron chi connectivity index (χ1n) is 16.3. The minimum atomic E-state index is -1.53. The number of benzene rings is 2. The van der Waals surface area contributed by atoms with Crippen molar-refractivity contribution in [1.29, 1.82) is 0 Å². The van der Waals surface area contributed by atoms with Crippen molar-refractivity contribution in [2.45, 2.75) is 69.1 Å². The van der Waals surface area contributed by atoms with Gasteiger partial charge < -0.3 is 14.7 Å². The minimum Gasteiger partial charge on any atom is -0.490 e. The van der Waals surface area contributed by atoms with Crippen LogP contribution in [-0.4, -0.2) is 56.2 Å². The van der Waals surface area contributed by atoms with E-state index in [1.54, 1.807) is 24.5 Å². The molecule has 1 spiro atoms. The molecule has 2 aliphatic carbocycles. The van der Waals surface area contributed by atoms with E-state index in [9.17, 15) is 14.1 Å². The Morgan fingerprint density at radius 3 is 2.67 bits per heavy atom. The van der Waals surface area contributed by atoms with Crippen LogP contribution in [0.1, 0.15) is 67.4 Å². The average Bonchev–Trinajstić information content (AvgIpc) is 3.20. The smallest absolute Gasteiger partial charge is 0.263 e. The molecule has 7 rings (SSSR count). The van der Waals surface area contributed by atoms with Gasteiger partial charge >= 0.3 is 0 Å². The number of rotatable bonds is 0. The summed E-state index contributed by atoms with van der Waals surface area (Å²) < 4.78 is 22.3. The van der Waals surface area contributed by atoms with E-state index in [1.165, 1.54) is 17.5 Å². The summed E-state index contributed by atoms with van der Waals surface area (Å²) in [5.41, 5.74) is 3.75. The van der Waals surface area contributed by atoms with Crippen LogP contribution < -0.4 is 14.4 Å². The highest BCUT2D eigenvalue weighted by Gasteiger charge is 2.44. The van der Waals surface area contributed by atoms with Gasteiger partial charge in [0.05, 0.1) is 23.6 Å². The molecule has 3 aromatic rings. The number of halogens is 1. The van der Waals surface area contributed by atoms with Crippen molar-refractivity contribution < 1.29 is 18.8 Å². The van der Waals surface area contributed by atoms with Crippen LogP contribution in [0.4, 0.5) is 5.69 Å². The number of hydrogen-bond acceptors (Lipinski definition) is 7. The molecule has 244 valence electrons. The lowest BCUT2D eigenvalue weighted by Crippen LogP contribution is -2.49. The number of hydrogen-bond donors (Lipinski definition) is 2. The van der Waals surface area contributed by atoms with E-state index in [2.05, 4.69) is 31.7 Å². The molecule has 2 N–H and O–H groups in total. The van der Waals surface area contributed by atoms with Crippen LogP contribution in [-0.2, 0) is 22.8 Å². The monoisotopic (exact) mass is 662 g/mol. The summed E-state index contributed by atoms with van der Waals surface area (Å²) in [5, 5.41) is 11.6. The second-order valence-corrected chi connectivity index (χ2v) is 15.2. The number of amides is 1. The Bertz CT molecular complexity index is 1560. The highest BCUT2D eigenvalue weighted by Crippen LogP contribution is 2.46. The molecule has 1 saturated carbocycles. The zero-order chi connectivity index (χ0) is 32.3. The molecule has 2 aliphatic heterocycles. The first kappa shape index (κ1) is 32.7. The van der Waals surface area contributed by atoms with Crippen LogP contribution in [0.3, 0.4) is 0 Å². The standard InChI is InChI=1S/C32H39ClN2O4S.C4H4N2/c1-20-5-3-7-29(36)26-11-8-24(26)17-35-18-32(14-4-6-22-15-25(33)10-12-27(22)32)19-39-30-13-9-23(16-28(30)35)31(37)34-40(38)21(20)2;1-2-5-4-6-3-1/h3,7,9-10,12-13,15-16,20-21,24,26,29,36H,4-6,8,11,14,17-19H2,1-2H3,(H,34,37);1-4H/b7-3+;/t20?,21?,24?,26?,29?,32-,40?;/m0./s1. The largest absolute Gasteiger partial charge is 0.490 e. The van der Waals surface area contributed by atoms with Gasteiger partial charge in [0.2, 0.25) is 0 Å².